The van der Waals surface area contributed by atoms with E-state index in [9.17, 15) is 5.11 Å². The van der Waals surface area contributed by atoms with Crippen molar-refractivity contribution in [2.24, 2.45) is 0 Å². The van der Waals surface area contributed by atoms with E-state index in [1.165, 1.54) is 11.1 Å². The van der Waals surface area contributed by atoms with Crippen molar-refractivity contribution in [3.8, 4) is 5.75 Å². The van der Waals surface area contributed by atoms with Gasteiger partial charge < -0.3 is 14.9 Å². The maximum absolute atomic E-state index is 9.49. The summed E-state index contributed by atoms with van der Waals surface area (Å²) in [7, 11) is 0. The fourth-order valence-corrected chi connectivity index (χ4v) is 1.93. The second kappa shape index (κ2) is 4.21. The van der Waals surface area contributed by atoms with Gasteiger partial charge in [-0.2, -0.15) is 0 Å². The fraction of sp³-hybridized carbons (Fsp3) is 0.500. The van der Waals surface area contributed by atoms with Gasteiger partial charge in [0.15, 0.2) is 0 Å². The summed E-state index contributed by atoms with van der Waals surface area (Å²) >= 11 is 0. The molecule has 0 saturated heterocycles. The van der Waals surface area contributed by atoms with Crippen LogP contribution in [0.3, 0.4) is 0 Å². The van der Waals surface area contributed by atoms with Crippen LogP contribution < -0.4 is 4.74 Å². The van der Waals surface area contributed by atoms with E-state index in [2.05, 4.69) is 13.0 Å². The first-order chi connectivity index (χ1) is 7.20. The largest absolute Gasteiger partial charge is 0.487 e. The third-order valence-corrected chi connectivity index (χ3v) is 2.81. The SMILES string of the molecule is Cc1ccc2c(c1)CCC(C(O)CO)O2. The average Bonchev–Trinajstić information content (AvgIpc) is 2.27. The zero-order valence-corrected chi connectivity index (χ0v) is 8.81. The molecule has 82 valence electrons. The number of aliphatic hydroxyl groups is 2. The summed E-state index contributed by atoms with van der Waals surface area (Å²) in [4.78, 5) is 0. The molecule has 2 rings (SSSR count). The molecule has 0 saturated carbocycles. The van der Waals surface area contributed by atoms with Gasteiger partial charge in [0.2, 0.25) is 0 Å². The minimum Gasteiger partial charge on any atom is -0.487 e. The van der Waals surface area contributed by atoms with Crippen molar-refractivity contribution in [1.82, 2.24) is 0 Å². The van der Waals surface area contributed by atoms with Gasteiger partial charge in [-0.25, -0.2) is 0 Å². The zero-order valence-electron chi connectivity index (χ0n) is 8.81. The van der Waals surface area contributed by atoms with Gasteiger partial charge >= 0.3 is 0 Å². The molecule has 0 spiro atoms. The molecule has 2 atom stereocenters. The van der Waals surface area contributed by atoms with Crippen molar-refractivity contribution in [3.63, 3.8) is 0 Å². The Morgan fingerprint density at radius 3 is 3.07 bits per heavy atom. The Kier molecular flexibility index (Phi) is 2.93. The topological polar surface area (TPSA) is 49.7 Å². The Hall–Kier alpha value is -1.06. The van der Waals surface area contributed by atoms with Crippen LogP contribution in [0.5, 0.6) is 5.75 Å². The minimum absolute atomic E-state index is 0.244. The molecule has 0 radical (unpaired) electrons. The van der Waals surface area contributed by atoms with Crippen LogP contribution in [-0.4, -0.2) is 29.0 Å². The lowest BCUT2D eigenvalue weighted by Gasteiger charge is -2.28. The highest BCUT2D eigenvalue weighted by Crippen LogP contribution is 2.29. The Morgan fingerprint density at radius 1 is 1.53 bits per heavy atom. The lowest BCUT2D eigenvalue weighted by Crippen LogP contribution is -2.37. The Bertz CT molecular complexity index is 349. The number of fused-ring (bicyclic) bond motifs is 1. The summed E-state index contributed by atoms with van der Waals surface area (Å²) in [6.45, 7) is 1.81. The van der Waals surface area contributed by atoms with Crippen molar-refractivity contribution in [2.45, 2.75) is 32.0 Å². The van der Waals surface area contributed by atoms with E-state index >= 15 is 0 Å². The van der Waals surface area contributed by atoms with Crippen LogP contribution in [0, 0.1) is 6.92 Å². The predicted octanol–water partition coefficient (Wildman–Crippen LogP) is 1.04. The minimum atomic E-state index is -0.778. The number of hydrogen-bond donors (Lipinski definition) is 2. The van der Waals surface area contributed by atoms with Gasteiger partial charge in [-0.05, 0) is 31.4 Å². The van der Waals surface area contributed by atoms with Gasteiger partial charge in [0.05, 0.1) is 6.61 Å². The second-order valence-electron chi connectivity index (χ2n) is 4.06. The van der Waals surface area contributed by atoms with Crippen LogP contribution in [0.15, 0.2) is 18.2 Å². The highest BCUT2D eigenvalue weighted by atomic mass is 16.5. The van der Waals surface area contributed by atoms with Gasteiger partial charge in [-0.15, -0.1) is 0 Å². The van der Waals surface area contributed by atoms with Crippen molar-refractivity contribution in [3.05, 3.63) is 29.3 Å². The Labute approximate surface area is 89.3 Å². The third kappa shape index (κ3) is 2.13. The first-order valence-electron chi connectivity index (χ1n) is 5.26. The molecule has 2 unspecified atom stereocenters. The summed E-state index contributed by atoms with van der Waals surface area (Å²) in [5.41, 5.74) is 2.41. The van der Waals surface area contributed by atoms with Crippen molar-refractivity contribution in [1.29, 1.82) is 0 Å². The number of aliphatic hydroxyl groups excluding tert-OH is 2. The lowest BCUT2D eigenvalue weighted by atomic mass is 9.98. The number of benzene rings is 1. The molecule has 15 heavy (non-hydrogen) atoms. The van der Waals surface area contributed by atoms with Crippen LogP contribution in [0.4, 0.5) is 0 Å². The molecule has 1 heterocycles. The highest BCUT2D eigenvalue weighted by Gasteiger charge is 2.25. The molecule has 3 nitrogen and oxygen atoms in total. The normalized spacial score (nSPS) is 21.7. The van der Waals surface area contributed by atoms with Gasteiger partial charge in [0.1, 0.15) is 18.0 Å². The van der Waals surface area contributed by atoms with Gasteiger partial charge in [-0.3, -0.25) is 0 Å². The molecule has 1 aromatic carbocycles. The summed E-state index contributed by atoms with van der Waals surface area (Å²) in [6, 6.07) is 6.03. The molecular weight excluding hydrogens is 192 g/mol. The molecule has 2 N–H and O–H groups in total. The number of ether oxygens (including phenoxy) is 1. The van der Waals surface area contributed by atoms with E-state index < -0.39 is 6.10 Å². The summed E-state index contributed by atoms with van der Waals surface area (Å²) in [6.07, 6.45) is 0.612. The van der Waals surface area contributed by atoms with Crippen molar-refractivity contribution in [2.75, 3.05) is 6.61 Å². The number of rotatable bonds is 2. The van der Waals surface area contributed by atoms with Crippen LogP contribution in [0.25, 0.3) is 0 Å². The average molecular weight is 208 g/mol. The first-order valence-corrected chi connectivity index (χ1v) is 5.26. The quantitative estimate of drug-likeness (QED) is 0.763. The smallest absolute Gasteiger partial charge is 0.127 e. The second-order valence-corrected chi connectivity index (χ2v) is 4.06. The third-order valence-electron chi connectivity index (χ3n) is 2.81. The maximum atomic E-state index is 9.49. The maximum Gasteiger partial charge on any atom is 0.127 e. The van der Waals surface area contributed by atoms with E-state index in [-0.39, 0.29) is 12.7 Å². The van der Waals surface area contributed by atoms with Gasteiger partial charge in [0, 0.05) is 0 Å². The van der Waals surface area contributed by atoms with Crippen LogP contribution in [-0.2, 0) is 6.42 Å². The van der Waals surface area contributed by atoms with Crippen molar-refractivity contribution < 1.29 is 14.9 Å². The number of aryl methyl sites for hydroxylation is 2. The molecule has 3 heteroatoms. The van der Waals surface area contributed by atoms with E-state index in [0.29, 0.717) is 0 Å². The fourth-order valence-electron chi connectivity index (χ4n) is 1.93. The summed E-state index contributed by atoms with van der Waals surface area (Å²) < 4.78 is 5.63. The van der Waals surface area contributed by atoms with Crippen LogP contribution in [0.2, 0.25) is 0 Å². The Morgan fingerprint density at radius 2 is 2.33 bits per heavy atom. The van der Waals surface area contributed by atoms with Gasteiger partial charge in [0.25, 0.3) is 0 Å². The van der Waals surface area contributed by atoms with Crippen molar-refractivity contribution >= 4 is 0 Å². The van der Waals surface area contributed by atoms with Gasteiger partial charge in [-0.1, -0.05) is 17.7 Å². The summed E-state index contributed by atoms with van der Waals surface area (Å²) in [5, 5.41) is 18.3. The predicted molar refractivity (Wildman–Crippen MR) is 57.0 cm³/mol. The molecule has 0 amide bonds. The van der Waals surface area contributed by atoms with Crippen LogP contribution in [0.1, 0.15) is 17.5 Å². The molecule has 0 aliphatic carbocycles. The van der Waals surface area contributed by atoms with E-state index in [1.54, 1.807) is 0 Å². The molecule has 1 aliphatic heterocycles. The molecule has 0 aromatic heterocycles. The zero-order chi connectivity index (χ0) is 10.8. The molecular formula is C12H16O3. The van der Waals surface area contributed by atoms with E-state index in [1.807, 2.05) is 12.1 Å². The Balaban J connectivity index is 2.16. The lowest BCUT2D eigenvalue weighted by molar-refractivity contribution is -0.00959. The summed E-state index contributed by atoms with van der Waals surface area (Å²) in [5.74, 6) is 0.837. The number of hydrogen-bond acceptors (Lipinski definition) is 3. The molecule has 0 bridgehead atoms. The highest BCUT2D eigenvalue weighted by molar-refractivity contribution is 5.38. The molecule has 0 fully saturated rings. The molecule has 1 aliphatic rings. The first kappa shape index (κ1) is 10.5. The monoisotopic (exact) mass is 208 g/mol. The molecule has 1 aromatic rings. The van der Waals surface area contributed by atoms with Crippen LogP contribution >= 0.6 is 0 Å². The van der Waals surface area contributed by atoms with E-state index in [4.69, 9.17) is 9.84 Å². The standard InChI is InChI=1S/C12H16O3/c1-8-2-4-11-9(6-8)3-5-12(15-11)10(14)7-13/h2,4,6,10,12-14H,3,5,7H2,1H3. The van der Waals surface area contributed by atoms with E-state index in [0.717, 1.165) is 18.6 Å².